The molecular formula is C22H38N2O5Si. The molecule has 0 aliphatic carbocycles. The number of ketones is 1. The van der Waals surface area contributed by atoms with E-state index in [1.165, 1.54) is 11.0 Å². The number of β-lactam (4-membered cyclic amide) rings is 1. The van der Waals surface area contributed by atoms with Gasteiger partial charge in [0.25, 0.3) is 0 Å². The van der Waals surface area contributed by atoms with E-state index in [9.17, 15) is 14.4 Å². The smallest absolute Gasteiger partial charge is 0.410 e. The van der Waals surface area contributed by atoms with E-state index < -0.39 is 26.8 Å². The van der Waals surface area contributed by atoms with E-state index in [1.807, 2.05) is 6.92 Å². The van der Waals surface area contributed by atoms with Gasteiger partial charge in [-0.05, 0) is 44.7 Å². The van der Waals surface area contributed by atoms with Gasteiger partial charge >= 0.3 is 6.09 Å². The van der Waals surface area contributed by atoms with Crippen LogP contribution < -0.4 is 5.32 Å². The van der Waals surface area contributed by atoms with Crippen molar-refractivity contribution in [3.8, 4) is 0 Å². The van der Waals surface area contributed by atoms with Gasteiger partial charge in [-0.1, -0.05) is 33.4 Å². The summed E-state index contributed by atoms with van der Waals surface area (Å²) in [5.41, 5.74) is -0.921. The van der Waals surface area contributed by atoms with Gasteiger partial charge in [-0.25, -0.2) is 4.79 Å². The zero-order valence-corrected chi connectivity index (χ0v) is 20.5. The third-order valence-corrected chi connectivity index (χ3v) is 7.39. The number of amides is 2. The van der Waals surface area contributed by atoms with Crippen LogP contribution in [0.15, 0.2) is 12.7 Å². The van der Waals surface area contributed by atoms with E-state index in [4.69, 9.17) is 9.16 Å². The van der Waals surface area contributed by atoms with Gasteiger partial charge < -0.3 is 14.5 Å². The lowest BCUT2D eigenvalue weighted by atomic mass is 9.63. The summed E-state index contributed by atoms with van der Waals surface area (Å²) in [6.07, 6.45) is 3.60. The van der Waals surface area contributed by atoms with Crippen molar-refractivity contribution in [3.63, 3.8) is 0 Å². The second kappa shape index (κ2) is 9.64. The summed E-state index contributed by atoms with van der Waals surface area (Å²) in [7, 11) is -1.43. The topological polar surface area (TPSA) is 84.9 Å². The Kier molecular flexibility index (Phi) is 7.90. The number of likely N-dealkylation sites (tertiary alicyclic amines) is 1. The van der Waals surface area contributed by atoms with E-state index >= 15 is 0 Å². The van der Waals surface area contributed by atoms with Gasteiger partial charge in [-0.2, -0.15) is 0 Å². The zero-order valence-electron chi connectivity index (χ0n) is 19.3. The maximum absolute atomic E-state index is 13.2. The Bertz CT molecular complexity index is 675. The number of hydrogen-bond acceptors (Lipinski definition) is 5. The third-order valence-electron chi connectivity index (χ3n) is 6.43. The van der Waals surface area contributed by atoms with Crippen LogP contribution in [0.25, 0.3) is 0 Å². The highest BCUT2D eigenvalue weighted by atomic mass is 28.3. The number of ether oxygens (including phenoxy) is 1. The summed E-state index contributed by atoms with van der Waals surface area (Å²) in [6, 6.07) is -0.787. The van der Waals surface area contributed by atoms with E-state index in [1.54, 1.807) is 0 Å². The van der Waals surface area contributed by atoms with Gasteiger partial charge in [0.1, 0.15) is 6.61 Å². The molecule has 2 aliphatic heterocycles. The van der Waals surface area contributed by atoms with Crippen molar-refractivity contribution in [2.24, 2.45) is 11.3 Å². The maximum Gasteiger partial charge on any atom is 0.410 e. The minimum atomic E-state index is -1.43. The predicted molar refractivity (Wildman–Crippen MR) is 119 cm³/mol. The van der Waals surface area contributed by atoms with Crippen molar-refractivity contribution >= 4 is 26.8 Å². The molecule has 0 bridgehead atoms. The fraction of sp³-hybridized carbons (Fsp3) is 0.773. The lowest BCUT2D eigenvalue weighted by Crippen LogP contribution is -2.71. The molecule has 2 fully saturated rings. The van der Waals surface area contributed by atoms with E-state index in [-0.39, 0.29) is 42.1 Å². The highest BCUT2D eigenvalue weighted by molar-refractivity contribution is 6.48. The van der Waals surface area contributed by atoms with Crippen LogP contribution in [0.4, 0.5) is 4.79 Å². The summed E-state index contributed by atoms with van der Waals surface area (Å²) in [5, 5.41) is 2.92. The van der Waals surface area contributed by atoms with Crippen LogP contribution in [0.5, 0.6) is 0 Å². The number of nitrogens with zero attached hydrogens (tertiary/aromatic N) is 1. The minimum Gasteiger partial charge on any atom is -0.445 e. The average Bonchev–Trinajstić information content (AvgIpc) is 2.63. The van der Waals surface area contributed by atoms with Gasteiger partial charge in [0, 0.05) is 13.0 Å². The largest absolute Gasteiger partial charge is 0.445 e. The Morgan fingerprint density at radius 1 is 1.27 bits per heavy atom. The first-order chi connectivity index (χ1) is 13.9. The molecule has 2 saturated heterocycles. The Morgan fingerprint density at radius 2 is 1.93 bits per heavy atom. The summed E-state index contributed by atoms with van der Waals surface area (Å²) < 4.78 is 11.6. The fourth-order valence-corrected chi connectivity index (χ4v) is 5.98. The van der Waals surface area contributed by atoms with Crippen LogP contribution in [-0.4, -0.2) is 62.6 Å². The molecule has 7 nitrogen and oxygen atoms in total. The molecule has 1 N–H and O–H groups in total. The first-order valence-electron chi connectivity index (χ1n) is 11.0. The Balaban J connectivity index is 2.15. The molecule has 1 unspecified atom stereocenters. The normalized spacial score (nSPS) is 26.4. The van der Waals surface area contributed by atoms with Crippen LogP contribution >= 0.6 is 0 Å². The van der Waals surface area contributed by atoms with Gasteiger partial charge in [0.2, 0.25) is 5.91 Å². The number of piperidine rings is 1. The molecule has 0 radical (unpaired) electrons. The molecule has 2 aliphatic rings. The number of carbonyl (C=O) groups is 3. The van der Waals surface area contributed by atoms with Gasteiger partial charge in [0.05, 0.1) is 23.6 Å². The quantitative estimate of drug-likeness (QED) is 0.358. The molecule has 0 saturated carbocycles. The zero-order chi connectivity index (χ0) is 22.7. The third kappa shape index (κ3) is 5.14. The molecular weight excluding hydrogens is 400 g/mol. The Morgan fingerprint density at radius 3 is 2.47 bits per heavy atom. The molecule has 4 atom stereocenters. The van der Waals surface area contributed by atoms with Crippen LogP contribution in [0.1, 0.15) is 53.4 Å². The number of carbonyl (C=O) groups excluding carboxylic acids is 3. The number of nitrogens with one attached hydrogen (secondary N) is 1. The lowest BCUT2D eigenvalue weighted by molar-refractivity contribution is -0.160. The number of rotatable bonds is 8. The minimum absolute atomic E-state index is 0.0293. The lowest BCUT2D eigenvalue weighted by Gasteiger charge is -2.54. The number of Topliss-reactive ketones (excluding diaryl/α,β-unsaturated/α-hetero) is 1. The summed E-state index contributed by atoms with van der Waals surface area (Å²) >= 11 is 0. The monoisotopic (exact) mass is 438 g/mol. The number of hydrogen-bond donors (Lipinski definition) is 1. The van der Waals surface area contributed by atoms with Crippen molar-refractivity contribution < 1.29 is 23.5 Å². The van der Waals surface area contributed by atoms with E-state index in [2.05, 4.69) is 45.8 Å². The highest BCUT2D eigenvalue weighted by Gasteiger charge is 2.57. The molecule has 0 aromatic rings. The van der Waals surface area contributed by atoms with Crippen LogP contribution in [0.2, 0.25) is 13.1 Å². The molecule has 170 valence electrons. The second-order valence-corrected chi connectivity index (χ2v) is 12.2. The van der Waals surface area contributed by atoms with Crippen LogP contribution in [0.3, 0.4) is 0 Å². The molecule has 2 heterocycles. The van der Waals surface area contributed by atoms with E-state index in [0.717, 1.165) is 12.8 Å². The SMILES string of the molecule is C=CCOC(=O)N1CCCCC1C(=O)C[C@H]1NC(=O)[C@@H]1[C@@](C)(O[SiH](C)C)C(C)(C)C. The molecule has 2 amide bonds. The molecule has 8 heteroatoms. The first kappa shape index (κ1) is 24.6. The highest BCUT2D eigenvalue weighted by Crippen LogP contribution is 2.45. The summed E-state index contributed by atoms with van der Waals surface area (Å²) in [5.74, 6) is -0.481. The van der Waals surface area contributed by atoms with Gasteiger partial charge in [-0.15, -0.1) is 0 Å². The first-order valence-corrected chi connectivity index (χ1v) is 13.8. The fourth-order valence-electron chi connectivity index (χ4n) is 4.50. The maximum atomic E-state index is 13.2. The predicted octanol–water partition coefficient (Wildman–Crippen LogP) is 3.04. The van der Waals surface area contributed by atoms with Crippen molar-refractivity contribution in [2.45, 2.75) is 84.2 Å². The summed E-state index contributed by atoms with van der Waals surface area (Å²) in [6.45, 7) is 16.6. The van der Waals surface area contributed by atoms with Crippen molar-refractivity contribution in [1.82, 2.24) is 10.2 Å². The Labute approximate surface area is 182 Å². The molecule has 2 rings (SSSR count). The van der Waals surface area contributed by atoms with Crippen LogP contribution in [-0.2, 0) is 18.8 Å². The molecule has 0 aromatic carbocycles. The Hall–Kier alpha value is -1.67. The standard InChI is InChI=1S/C22H38N2O5Si/c1-8-13-28-20(27)24-12-10-9-11-16(24)17(25)14-15-18(19(26)23-15)22(5,21(2,3)4)29-30(6)7/h8,15-16,18,30H,1,9-14H2,2-7H3,(H,23,26)/t15-,16?,18-,22-/m1/s1. The van der Waals surface area contributed by atoms with E-state index in [0.29, 0.717) is 13.0 Å². The van der Waals surface area contributed by atoms with Gasteiger partial charge in [-0.3, -0.25) is 14.5 Å². The molecule has 30 heavy (non-hydrogen) atoms. The molecule has 0 aromatic heterocycles. The summed E-state index contributed by atoms with van der Waals surface area (Å²) in [4.78, 5) is 39.7. The van der Waals surface area contributed by atoms with Crippen LogP contribution in [0, 0.1) is 11.3 Å². The van der Waals surface area contributed by atoms with Crippen molar-refractivity contribution in [2.75, 3.05) is 13.2 Å². The van der Waals surface area contributed by atoms with Gasteiger partial charge in [0.15, 0.2) is 14.8 Å². The average molecular weight is 439 g/mol. The molecule has 0 spiro atoms. The van der Waals surface area contributed by atoms with Crippen molar-refractivity contribution in [3.05, 3.63) is 12.7 Å². The van der Waals surface area contributed by atoms with Crippen molar-refractivity contribution in [1.29, 1.82) is 0 Å². The second-order valence-electron chi connectivity index (χ2n) is 9.86.